The van der Waals surface area contributed by atoms with E-state index in [4.69, 9.17) is 5.11 Å². The van der Waals surface area contributed by atoms with E-state index in [9.17, 15) is 14.4 Å². The van der Waals surface area contributed by atoms with Crippen LogP contribution in [0.1, 0.15) is 31.9 Å². The molecule has 0 aliphatic heterocycles. The molecule has 1 aromatic rings. The van der Waals surface area contributed by atoms with Crippen LogP contribution in [0.15, 0.2) is 28.7 Å². The Morgan fingerprint density at radius 3 is 2.24 bits per heavy atom. The highest BCUT2D eigenvalue weighted by molar-refractivity contribution is 9.10. The van der Waals surface area contributed by atoms with E-state index in [0.717, 1.165) is 10.0 Å². The number of carbonyl (C=O) groups excluding carboxylic acids is 2. The highest BCUT2D eigenvalue weighted by atomic mass is 79.9. The van der Waals surface area contributed by atoms with Gasteiger partial charge in [-0.2, -0.15) is 0 Å². The van der Waals surface area contributed by atoms with Crippen LogP contribution in [0.25, 0.3) is 0 Å². The van der Waals surface area contributed by atoms with Crippen LogP contribution in [0.3, 0.4) is 0 Å². The molecule has 2 amide bonds. The van der Waals surface area contributed by atoms with E-state index in [1.54, 1.807) is 12.1 Å². The Bertz CT molecular complexity index is 530. The monoisotopic (exact) mass is 356 g/mol. The molecule has 1 aromatic carbocycles. The van der Waals surface area contributed by atoms with Gasteiger partial charge in [-0.3, -0.25) is 14.4 Å². The van der Waals surface area contributed by atoms with Crippen LogP contribution < -0.4 is 10.6 Å². The molecule has 0 aromatic heterocycles. The van der Waals surface area contributed by atoms with Crippen LogP contribution in [0.5, 0.6) is 0 Å². The quantitative estimate of drug-likeness (QED) is 0.721. The Balaban J connectivity index is 2.79. The molecule has 1 rings (SSSR count). The van der Waals surface area contributed by atoms with Gasteiger partial charge in [-0.25, -0.2) is 0 Å². The number of carboxylic acid groups (broad SMARTS) is 1. The van der Waals surface area contributed by atoms with Crippen molar-refractivity contribution in [3.05, 3.63) is 34.3 Å². The third-order valence-electron chi connectivity index (χ3n) is 2.79. The molecule has 0 aliphatic rings. The number of amides is 2. The summed E-state index contributed by atoms with van der Waals surface area (Å²) in [6.07, 6.45) is -0.0289. The molecular formula is C14H17BrN2O4. The van der Waals surface area contributed by atoms with Crippen molar-refractivity contribution in [3.63, 3.8) is 0 Å². The lowest BCUT2D eigenvalue weighted by Gasteiger charge is -2.19. The van der Waals surface area contributed by atoms with E-state index in [1.807, 2.05) is 12.1 Å². The van der Waals surface area contributed by atoms with Crippen LogP contribution in [-0.2, 0) is 14.4 Å². The van der Waals surface area contributed by atoms with Crippen molar-refractivity contribution in [2.24, 2.45) is 0 Å². The van der Waals surface area contributed by atoms with Gasteiger partial charge >= 0.3 is 5.97 Å². The largest absolute Gasteiger partial charge is 0.480 e. The number of hydrogen-bond acceptors (Lipinski definition) is 3. The first-order chi connectivity index (χ1) is 9.79. The van der Waals surface area contributed by atoms with Crippen molar-refractivity contribution >= 4 is 33.7 Å². The normalized spacial score (nSPS) is 13.1. The number of hydrogen-bond donors (Lipinski definition) is 3. The zero-order valence-electron chi connectivity index (χ0n) is 11.7. The van der Waals surface area contributed by atoms with Gasteiger partial charge in [-0.1, -0.05) is 28.1 Å². The molecule has 0 aliphatic carbocycles. The second kappa shape index (κ2) is 7.78. The van der Waals surface area contributed by atoms with Crippen molar-refractivity contribution in [1.82, 2.24) is 10.6 Å². The highest BCUT2D eigenvalue weighted by Crippen LogP contribution is 2.19. The van der Waals surface area contributed by atoms with Crippen LogP contribution in [0.2, 0.25) is 0 Å². The van der Waals surface area contributed by atoms with Gasteiger partial charge in [-0.05, 0) is 24.6 Å². The van der Waals surface area contributed by atoms with E-state index < -0.39 is 24.0 Å². The smallest absolute Gasteiger partial charge is 0.325 e. The van der Waals surface area contributed by atoms with Crippen LogP contribution in [0, 0.1) is 0 Å². The summed E-state index contributed by atoms with van der Waals surface area (Å²) in [6.45, 7) is 2.75. The lowest BCUT2D eigenvalue weighted by atomic mass is 10.0. The Kier molecular flexibility index (Phi) is 6.36. The minimum atomic E-state index is -1.11. The fraction of sp³-hybridized carbons (Fsp3) is 0.357. The van der Waals surface area contributed by atoms with Crippen molar-refractivity contribution in [2.45, 2.75) is 32.4 Å². The first kappa shape index (κ1) is 17.2. The lowest BCUT2D eigenvalue weighted by Crippen LogP contribution is -2.40. The summed E-state index contributed by atoms with van der Waals surface area (Å²) in [5.41, 5.74) is 0.770. The van der Waals surface area contributed by atoms with Crippen molar-refractivity contribution < 1.29 is 19.5 Å². The average molecular weight is 357 g/mol. The Morgan fingerprint density at radius 2 is 1.76 bits per heavy atom. The molecule has 0 fully saturated rings. The predicted molar refractivity (Wildman–Crippen MR) is 80.6 cm³/mol. The van der Waals surface area contributed by atoms with Gasteiger partial charge < -0.3 is 15.7 Å². The topological polar surface area (TPSA) is 95.5 Å². The summed E-state index contributed by atoms with van der Waals surface area (Å²) in [6, 6.07) is 5.72. The Hall–Kier alpha value is -1.89. The molecule has 0 saturated carbocycles. The number of carbonyl (C=O) groups is 3. The third kappa shape index (κ3) is 5.95. The predicted octanol–water partition coefficient (Wildman–Crippen LogP) is 1.61. The first-order valence-electron chi connectivity index (χ1n) is 6.34. The van der Waals surface area contributed by atoms with Gasteiger partial charge in [0.15, 0.2) is 0 Å². The number of halogens is 1. The summed E-state index contributed by atoms with van der Waals surface area (Å²) in [5, 5.41) is 13.8. The molecule has 0 saturated heterocycles. The second-order valence-electron chi connectivity index (χ2n) is 4.64. The molecule has 0 radical (unpaired) electrons. The number of aliphatic carboxylic acids is 1. The molecule has 21 heavy (non-hydrogen) atoms. The molecule has 0 bridgehead atoms. The SMILES string of the molecule is CC(=O)NC(CC(=O)N[C@@H](C)C(=O)O)c1ccc(Br)cc1. The number of nitrogens with one attached hydrogen (secondary N) is 2. The fourth-order valence-electron chi connectivity index (χ4n) is 1.74. The number of benzene rings is 1. The zero-order chi connectivity index (χ0) is 16.0. The summed E-state index contributed by atoms with van der Waals surface area (Å²) in [4.78, 5) is 33.8. The lowest BCUT2D eigenvalue weighted by molar-refractivity contribution is -0.141. The maximum atomic E-state index is 11.9. The van der Waals surface area contributed by atoms with Gasteiger partial charge in [-0.15, -0.1) is 0 Å². The minimum absolute atomic E-state index is 0.0289. The molecule has 3 N–H and O–H groups in total. The zero-order valence-corrected chi connectivity index (χ0v) is 13.3. The van der Waals surface area contributed by atoms with Crippen LogP contribution in [0.4, 0.5) is 0 Å². The summed E-state index contributed by atoms with van der Waals surface area (Å²) < 4.78 is 0.886. The summed E-state index contributed by atoms with van der Waals surface area (Å²) in [7, 11) is 0. The van der Waals surface area contributed by atoms with Gasteiger partial charge in [0.25, 0.3) is 0 Å². The van der Waals surface area contributed by atoms with Crippen molar-refractivity contribution in [1.29, 1.82) is 0 Å². The molecular weight excluding hydrogens is 340 g/mol. The molecule has 114 valence electrons. The third-order valence-corrected chi connectivity index (χ3v) is 3.32. The average Bonchev–Trinajstić information content (AvgIpc) is 2.38. The summed E-state index contributed by atoms with van der Waals surface area (Å²) in [5.74, 6) is -1.81. The fourth-order valence-corrected chi connectivity index (χ4v) is 2.00. The van der Waals surface area contributed by atoms with Gasteiger partial charge in [0.1, 0.15) is 6.04 Å². The van der Waals surface area contributed by atoms with Gasteiger partial charge in [0.05, 0.1) is 12.5 Å². The molecule has 6 nitrogen and oxygen atoms in total. The van der Waals surface area contributed by atoms with E-state index in [2.05, 4.69) is 26.6 Å². The Morgan fingerprint density at radius 1 is 1.19 bits per heavy atom. The molecule has 2 atom stereocenters. The van der Waals surface area contributed by atoms with E-state index in [0.29, 0.717) is 0 Å². The summed E-state index contributed by atoms with van der Waals surface area (Å²) >= 11 is 3.31. The minimum Gasteiger partial charge on any atom is -0.480 e. The Labute approximate surface area is 131 Å². The number of carboxylic acids is 1. The van der Waals surface area contributed by atoms with E-state index in [1.165, 1.54) is 13.8 Å². The highest BCUT2D eigenvalue weighted by Gasteiger charge is 2.20. The van der Waals surface area contributed by atoms with Crippen molar-refractivity contribution in [2.75, 3.05) is 0 Å². The molecule has 0 spiro atoms. The maximum absolute atomic E-state index is 11.9. The molecule has 1 unspecified atom stereocenters. The second-order valence-corrected chi connectivity index (χ2v) is 5.55. The first-order valence-corrected chi connectivity index (χ1v) is 7.13. The molecule has 7 heteroatoms. The van der Waals surface area contributed by atoms with Crippen LogP contribution in [-0.4, -0.2) is 28.9 Å². The van der Waals surface area contributed by atoms with Crippen LogP contribution >= 0.6 is 15.9 Å². The van der Waals surface area contributed by atoms with Gasteiger partial charge in [0, 0.05) is 11.4 Å². The molecule has 0 heterocycles. The van der Waals surface area contributed by atoms with E-state index in [-0.39, 0.29) is 12.3 Å². The number of rotatable bonds is 6. The standard InChI is InChI=1S/C14H17BrN2O4/c1-8(14(20)21)16-13(19)7-12(17-9(2)18)10-3-5-11(15)6-4-10/h3-6,8,12H,7H2,1-2H3,(H,16,19)(H,17,18)(H,20,21)/t8-,12?/m0/s1. The van der Waals surface area contributed by atoms with Crippen molar-refractivity contribution in [3.8, 4) is 0 Å². The maximum Gasteiger partial charge on any atom is 0.325 e. The van der Waals surface area contributed by atoms with E-state index >= 15 is 0 Å². The van der Waals surface area contributed by atoms with Gasteiger partial charge in [0.2, 0.25) is 11.8 Å².